The van der Waals surface area contributed by atoms with Gasteiger partial charge in [-0.25, -0.2) is 14.4 Å². The first kappa shape index (κ1) is 15.1. The molecule has 3 rings (SSSR count). The lowest BCUT2D eigenvalue weighted by molar-refractivity contribution is 0.211. The zero-order valence-corrected chi connectivity index (χ0v) is 13.2. The van der Waals surface area contributed by atoms with Crippen LogP contribution in [0.25, 0.3) is 10.9 Å². The van der Waals surface area contributed by atoms with Crippen molar-refractivity contribution in [2.45, 2.75) is 9.37 Å². The minimum Gasteiger partial charge on any atom is -0.383 e. The van der Waals surface area contributed by atoms with E-state index < -0.39 is 0 Å². The molecule has 2 heterocycles. The largest absolute Gasteiger partial charge is 0.383 e. The summed E-state index contributed by atoms with van der Waals surface area (Å²) in [6.45, 7) is 1.26. The first-order chi connectivity index (χ1) is 10.8. The van der Waals surface area contributed by atoms with E-state index in [1.807, 2.05) is 0 Å². The number of hydrogen-bond donors (Lipinski definition) is 1. The van der Waals surface area contributed by atoms with Crippen molar-refractivity contribution in [3.05, 3.63) is 30.3 Å². The fraction of sp³-hybridized carbons (Fsp3) is 0.231. The Balaban J connectivity index is 1.80. The number of aromatic nitrogens is 4. The molecule has 0 atom stereocenters. The average Bonchev–Trinajstić information content (AvgIpc) is 2.96. The van der Waals surface area contributed by atoms with Gasteiger partial charge in [0.05, 0.1) is 6.61 Å². The van der Waals surface area contributed by atoms with E-state index in [2.05, 4.69) is 25.5 Å². The summed E-state index contributed by atoms with van der Waals surface area (Å²) >= 11 is 2.75. The molecule has 9 heteroatoms. The number of nitrogens with one attached hydrogen (secondary N) is 1. The Kier molecular flexibility index (Phi) is 4.76. The lowest BCUT2D eigenvalue weighted by Gasteiger charge is -2.02. The molecule has 0 saturated heterocycles. The van der Waals surface area contributed by atoms with Crippen LogP contribution in [0.3, 0.4) is 0 Å². The van der Waals surface area contributed by atoms with Crippen LogP contribution < -0.4 is 5.32 Å². The van der Waals surface area contributed by atoms with Crippen molar-refractivity contribution in [2.75, 3.05) is 25.6 Å². The Bertz CT molecular complexity index is 782. The van der Waals surface area contributed by atoms with Crippen LogP contribution in [0.15, 0.2) is 33.9 Å². The topological polar surface area (TPSA) is 72.8 Å². The molecule has 0 spiro atoms. The average molecular weight is 337 g/mol. The third-order valence-corrected chi connectivity index (χ3v) is 4.70. The number of para-hydroxylation sites is 1. The van der Waals surface area contributed by atoms with Crippen molar-refractivity contribution >= 4 is 39.1 Å². The number of nitrogens with zero attached hydrogens (tertiary/aromatic N) is 4. The molecule has 0 aliphatic heterocycles. The number of halogens is 1. The maximum absolute atomic E-state index is 13.7. The third kappa shape index (κ3) is 3.32. The fourth-order valence-electron chi connectivity index (χ4n) is 1.77. The molecule has 2 aromatic heterocycles. The van der Waals surface area contributed by atoms with Gasteiger partial charge in [-0.2, -0.15) is 0 Å². The van der Waals surface area contributed by atoms with Crippen LogP contribution in [0.4, 0.5) is 9.52 Å². The number of methoxy groups -OCH3 is 1. The normalized spacial score (nSPS) is 11.0. The van der Waals surface area contributed by atoms with E-state index in [1.165, 1.54) is 35.5 Å². The van der Waals surface area contributed by atoms with Gasteiger partial charge in [0.1, 0.15) is 22.7 Å². The summed E-state index contributed by atoms with van der Waals surface area (Å²) in [4.78, 5) is 8.19. The van der Waals surface area contributed by atoms with Crippen molar-refractivity contribution in [1.82, 2.24) is 20.2 Å². The van der Waals surface area contributed by atoms with E-state index in [0.717, 1.165) is 4.34 Å². The van der Waals surface area contributed by atoms with Crippen molar-refractivity contribution < 1.29 is 9.13 Å². The zero-order chi connectivity index (χ0) is 15.4. The molecule has 114 valence electrons. The molecule has 0 radical (unpaired) electrons. The minimum absolute atomic E-state index is 0.308. The van der Waals surface area contributed by atoms with Gasteiger partial charge >= 0.3 is 0 Å². The Morgan fingerprint density at radius 1 is 1.32 bits per heavy atom. The first-order valence-corrected chi connectivity index (χ1v) is 8.04. The van der Waals surface area contributed by atoms with Crippen LogP contribution in [0.1, 0.15) is 0 Å². The molecule has 1 aromatic carbocycles. The fourth-order valence-corrected chi connectivity index (χ4v) is 3.54. The van der Waals surface area contributed by atoms with Gasteiger partial charge in [0.2, 0.25) is 5.13 Å². The molecule has 0 amide bonds. The summed E-state index contributed by atoms with van der Waals surface area (Å²) in [7, 11) is 1.64. The first-order valence-electron chi connectivity index (χ1n) is 6.41. The molecule has 0 unspecified atom stereocenters. The van der Waals surface area contributed by atoms with Crippen LogP contribution in [0, 0.1) is 5.82 Å². The number of hydrogen-bond acceptors (Lipinski definition) is 8. The lowest BCUT2D eigenvalue weighted by Crippen LogP contribution is -2.06. The van der Waals surface area contributed by atoms with E-state index in [9.17, 15) is 4.39 Å². The van der Waals surface area contributed by atoms with E-state index in [1.54, 1.807) is 19.2 Å². The number of fused-ring (bicyclic) bond motifs is 1. The minimum atomic E-state index is -0.360. The molecule has 1 N–H and O–H groups in total. The predicted molar refractivity (Wildman–Crippen MR) is 83.9 cm³/mol. The number of ether oxygens (including phenoxy) is 1. The Labute approximate surface area is 134 Å². The highest BCUT2D eigenvalue weighted by Crippen LogP contribution is 2.34. The van der Waals surface area contributed by atoms with Crippen LogP contribution in [-0.4, -0.2) is 40.4 Å². The van der Waals surface area contributed by atoms with Gasteiger partial charge in [-0.05, 0) is 23.9 Å². The highest BCUT2D eigenvalue weighted by Gasteiger charge is 2.12. The molecule has 0 aliphatic carbocycles. The number of benzene rings is 1. The Hall–Kier alpha value is -1.84. The van der Waals surface area contributed by atoms with Gasteiger partial charge < -0.3 is 10.1 Å². The molecule has 22 heavy (non-hydrogen) atoms. The van der Waals surface area contributed by atoms with Crippen LogP contribution in [0.5, 0.6) is 0 Å². The number of rotatable bonds is 6. The van der Waals surface area contributed by atoms with E-state index >= 15 is 0 Å². The lowest BCUT2D eigenvalue weighted by atomic mass is 10.2. The molecule has 0 fully saturated rings. The van der Waals surface area contributed by atoms with Crippen LogP contribution >= 0.6 is 23.1 Å². The van der Waals surface area contributed by atoms with Crippen molar-refractivity contribution in [3.8, 4) is 0 Å². The summed E-state index contributed by atoms with van der Waals surface area (Å²) in [5.41, 5.74) is 0.308. The monoisotopic (exact) mass is 337 g/mol. The predicted octanol–water partition coefficient (Wildman–Crippen LogP) is 2.83. The molecule has 0 aliphatic rings. The van der Waals surface area contributed by atoms with Crippen molar-refractivity contribution in [1.29, 1.82) is 0 Å². The quantitative estimate of drug-likeness (QED) is 0.548. The SMILES string of the molecule is COCCNc1nnc(Sc2ncnc3c(F)cccc23)s1. The second kappa shape index (κ2) is 6.95. The van der Waals surface area contributed by atoms with E-state index in [0.29, 0.717) is 34.2 Å². The third-order valence-electron chi connectivity index (χ3n) is 2.75. The summed E-state index contributed by atoms with van der Waals surface area (Å²) in [5, 5.41) is 13.3. The molecule has 6 nitrogen and oxygen atoms in total. The van der Waals surface area contributed by atoms with Gasteiger partial charge in [0.25, 0.3) is 0 Å². The maximum atomic E-state index is 13.7. The number of anilines is 1. The Morgan fingerprint density at radius 3 is 3.09 bits per heavy atom. The molecular formula is C13H12FN5OS2. The van der Waals surface area contributed by atoms with Gasteiger partial charge in [-0.15, -0.1) is 10.2 Å². The summed E-state index contributed by atoms with van der Waals surface area (Å²) < 4.78 is 19.4. The second-order valence-electron chi connectivity index (χ2n) is 4.21. The summed E-state index contributed by atoms with van der Waals surface area (Å²) in [6, 6.07) is 4.81. The molecule has 0 bridgehead atoms. The molecule has 0 saturated carbocycles. The highest BCUT2D eigenvalue weighted by atomic mass is 32.2. The van der Waals surface area contributed by atoms with Gasteiger partial charge in [0, 0.05) is 19.0 Å². The summed E-state index contributed by atoms with van der Waals surface area (Å²) in [5.74, 6) is -0.360. The van der Waals surface area contributed by atoms with Crippen LogP contribution in [-0.2, 0) is 4.74 Å². The second-order valence-corrected chi connectivity index (χ2v) is 6.42. The van der Waals surface area contributed by atoms with Gasteiger partial charge in [0.15, 0.2) is 4.34 Å². The van der Waals surface area contributed by atoms with Crippen molar-refractivity contribution in [2.24, 2.45) is 0 Å². The van der Waals surface area contributed by atoms with Gasteiger partial charge in [-0.3, -0.25) is 0 Å². The highest BCUT2D eigenvalue weighted by molar-refractivity contribution is 8.01. The molecular weight excluding hydrogens is 325 g/mol. The van der Waals surface area contributed by atoms with E-state index in [4.69, 9.17) is 4.74 Å². The van der Waals surface area contributed by atoms with E-state index in [-0.39, 0.29) is 5.82 Å². The van der Waals surface area contributed by atoms with Crippen LogP contribution in [0.2, 0.25) is 0 Å². The maximum Gasteiger partial charge on any atom is 0.206 e. The van der Waals surface area contributed by atoms with Crippen molar-refractivity contribution in [3.63, 3.8) is 0 Å². The summed E-state index contributed by atoms with van der Waals surface area (Å²) in [6.07, 6.45) is 1.35. The van der Waals surface area contributed by atoms with Gasteiger partial charge in [-0.1, -0.05) is 17.4 Å². The molecule has 3 aromatic rings. The smallest absolute Gasteiger partial charge is 0.206 e. The standard InChI is InChI=1S/C13H12FN5OS2/c1-20-6-5-15-12-18-19-13(22-12)21-11-8-3-2-4-9(14)10(8)16-7-17-11/h2-4,7H,5-6H2,1H3,(H,15,18). The Morgan fingerprint density at radius 2 is 2.23 bits per heavy atom. The zero-order valence-electron chi connectivity index (χ0n) is 11.6.